The average Bonchev–Trinajstić information content (AvgIpc) is 3.65. The number of nitrogens with zero attached hydrogens (tertiary/aromatic N) is 4. The Morgan fingerprint density at radius 2 is 1.61 bits per heavy atom. The second kappa shape index (κ2) is 9.85. The van der Waals surface area contributed by atoms with Gasteiger partial charge in [-0.25, -0.2) is 13.1 Å². The summed E-state index contributed by atoms with van der Waals surface area (Å²) in [6.07, 6.45) is -2.45. The number of carbonyl (C=O) groups is 1. The smallest absolute Gasteiger partial charge is 0.339 e. The van der Waals surface area contributed by atoms with Crippen LogP contribution < -0.4 is 0 Å². The van der Waals surface area contributed by atoms with Gasteiger partial charge >= 0.3 is 6.18 Å². The summed E-state index contributed by atoms with van der Waals surface area (Å²) in [5, 5.41) is 4.48. The van der Waals surface area contributed by atoms with E-state index in [1.54, 1.807) is 21.7 Å². The Hall–Kier alpha value is -3.18. The van der Waals surface area contributed by atoms with Gasteiger partial charge in [-0.15, -0.1) is 0 Å². The van der Waals surface area contributed by atoms with Gasteiger partial charge < -0.3 is 4.90 Å². The van der Waals surface area contributed by atoms with Crippen LogP contribution in [0.1, 0.15) is 53.0 Å². The highest BCUT2D eigenvalue weighted by Gasteiger charge is 2.44. The van der Waals surface area contributed by atoms with Gasteiger partial charge in [0.25, 0.3) is 5.91 Å². The number of aryl methyl sites for hydroxylation is 2. The number of hydrogen-bond acceptors (Lipinski definition) is 4. The second-order valence-corrected chi connectivity index (χ2v) is 11.8. The van der Waals surface area contributed by atoms with Crippen molar-refractivity contribution in [3.8, 4) is 5.69 Å². The first kappa shape index (κ1) is 26.4. The lowest BCUT2D eigenvalue weighted by atomic mass is 10.0. The third-order valence-electron chi connectivity index (χ3n) is 7.10. The highest BCUT2D eigenvalue weighted by atomic mass is 32.2. The summed E-state index contributed by atoms with van der Waals surface area (Å²) in [6, 6.07) is 12.5. The predicted molar refractivity (Wildman–Crippen MR) is 135 cm³/mol. The molecule has 2 aliphatic rings. The Balaban J connectivity index is 1.31. The molecule has 38 heavy (non-hydrogen) atoms. The number of hydrogen-bond donors (Lipinski definition) is 0. The Kier molecular flexibility index (Phi) is 6.85. The molecule has 0 bridgehead atoms. The molecule has 1 amide bonds. The number of aromatic nitrogens is 2. The van der Waals surface area contributed by atoms with E-state index in [0.29, 0.717) is 50.4 Å². The SMILES string of the molecule is Cc1cc(C)n(-c2cccc(C(=O)N3CCC(N(C4CC4)S(=O)(=O)c4cccc(C(F)(F)F)c4)CC3)c2)n1. The molecule has 2 fully saturated rings. The van der Waals surface area contributed by atoms with Crippen molar-refractivity contribution < 1.29 is 26.4 Å². The monoisotopic (exact) mass is 546 g/mol. The average molecular weight is 547 g/mol. The van der Waals surface area contributed by atoms with E-state index in [9.17, 15) is 26.4 Å². The van der Waals surface area contributed by atoms with Crippen molar-refractivity contribution in [2.45, 2.75) is 62.7 Å². The molecule has 2 aromatic carbocycles. The van der Waals surface area contributed by atoms with Crippen molar-refractivity contribution >= 4 is 15.9 Å². The quantitative estimate of drug-likeness (QED) is 0.438. The first-order valence-corrected chi connectivity index (χ1v) is 14.0. The molecule has 0 spiro atoms. The predicted octanol–water partition coefficient (Wildman–Crippen LogP) is 4.97. The van der Waals surface area contributed by atoms with Gasteiger partial charge in [-0.3, -0.25) is 4.79 Å². The summed E-state index contributed by atoms with van der Waals surface area (Å²) in [7, 11) is -4.13. The van der Waals surface area contributed by atoms with Gasteiger partial charge in [0, 0.05) is 36.4 Å². The third kappa shape index (κ3) is 5.22. The van der Waals surface area contributed by atoms with Crippen LogP contribution in [0.3, 0.4) is 0 Å². The molecule has 202 valence electrons. The van der Waals surface area contributed by atoms with Crippen LogP contribution in [0.25, 0.3) is 5.69 Å². The molecule has 5 rings (SSSR count). The van der Waals surface area contributed by atoms with Gasteiger partial charge in [0.2, 0.25) is 10.0 Å². The maximum Gasteiger partial charge on any atom is 0.416 e. The number of alkyl halides is 3. The highest BCUT2D eigenvalue weighted by Crippen LogP contribution is 2.38. The van der Waals surface area contributed by atoms with E-state index in [4.69, 9.17) is 0 Å². The molecule has 1 saturated carbocycles. The van der Waals surface area contributed by atoms with Gasteiger partial charge in [0.05, 0.1) is 21.8 Å². The van der Waals surface area contributed by atoms with Crippen molar-refractivity contribution in [1.29, 1.82) is 0 Å². The lowest BCUT2D eigenvalue weighted by Gasteiger charge is -2.38. The number of amides is 1. The molecule has 7 nitrogen and oxygen atoms in total. The van der Waals surface area contributed by atoms with E-state index in [1.807, 2.05) is 32.0 Å². The maximum absolute atomic E-state index is 13.5. The Bertz CT molecular complexity index is 1460. The molecule has 1 aliphatic carbocycles. The lowest BCUT2D eigenvalue weighted by molar-refractivity contribution is -0.137. The zero-order valence-electron chi connectivity index (χ0n) is 21.1. The van der Waals surface area contributed by atoms with Crippen LogP contribution in [0.15, 0.2) is 59.5 Å². The first-order valence-electron chi connectivity index (χ1n) is 12.6. The van der Waals surface area contributed by atoms with E-state index in [1.165, 1.54) is 10.4 Å². The summed E-state index contributed by atoms with van der Waals surface area (Å²) in [5.74, 6) is -0.148. The maximum atomic E-state index is 13.5. The number of rotatable bonds is 6. The minimum absolute atomic E-state index is 0.148. The van der Waals surface area contributed by atoms with Crippen LogP contribution in [0.2, 0.25) is 0 Å². The molecule has 0 atom stereocenters. The van der Waals surface area contributed by atoms with Crippen LogP contribution in [0.5, 0.6) is 0 Å². The minimum Gasteiger partial charge on any atom is -0.339 e. The number of piperidine rings is 1. The number of carbonyl (C=O) groups excluding carboxylic acids is 1. The molecule has 3 aromatic rings. The summed E-state index contributed by atoms with van der Waals surface area (Å²) in [4.78, 5) is 14.7. The van der Waals surface area contributed by atoms with Gasteiger partial charge in [-0.2, -0.15) is 22.6 Å². The highest BCUT2D eigenvalue weighted by molar-refractivity contribution is 7.89. The van der Waals surface area contributed by atoms with Gasteiger partial charge in [-0.1, -0.05) is 12.1 Å². The zero-order valence-corrected chi connectivity index (χ0v) is 22.0. The largest absolute Gasteiger partial charge is 0.416 e. The fourth-order valence-electron chi connectivity index (χ4n) is 5.14. The second-order valence-electron chi connectivity index (χ2n) is 10.0. The summed E-state index contributed by atoms with van der Waals surface area (Å²) in [5.41, 5.74) is 2.14. The van der Waals surface area contributed by atoms with E-state index in [0.717, 1.165) is 29.2 Å². The fourth-order valence-corrected chi connectivity index (χ4v) is 7.12. The van der Waals surface area contributed by atoms with E-state index >= 15 is 0 Å². The van der Waals surface area contributed by atoms with Crippen LogP contribution in [0.4, 0.5) is 13.2 Å². The van der Waals surface area contributed by atoms with Crippen LogP contribution in [0, 0.1) is 13.8 Å². The molecule has 11 heteroatoms. The standard InChI is InChI=1S/C27H29F3N4O3S/c1-18-15-19(2)33(31-18)24-7-3-5-20(16-24)26(35)32-13-11-23(12-14-32)34(22-9-10-22)38(36,37)25-8-4-6-21(17-25)27(28,29)30/h3-8,15-17,22-23H,9-14H2,1-2H3. The first-order chi connectivity index (χ1) is 17.9. The van der Waals surface area contributed by atoms with Crippen molar-refractivity contribution in [2.24, 2.45) is 0 Å². The van der Waals surface area contributed by atoms with Crippen LogP contribution in [-0.4, -0.2) is 58.5 Å². The number of benzene rings is 2. The third-order valence-corrected chi connectivity index (χ3v) is 9.10. The number of likely N-dealkylation sites (tertiary alicyclic amines) is 1. The molecular formula is C27H29F3N4O3S. The van der Waals surface area contributed by atoms with Gasteiger partial charge in [0.1, 0.15) is 0 Å². The topological polar surface area (TPSA) is 75.5 Å². The molecule has 1 aliphatic heterocycles. The minimum atomic E-state index is -4.63. The van der Waals surface area contributed by atoms with Gasteiger partial charge in [0.15, 0.2) is 0 Å². The van der Waals surface area contributed by atoms with Crippen molar-refractivity contribution in [3.05, 3.63) is 77.1 Å². The molecule has 1 aromatic heterocycles. The molecular weight excluding hydrogens is 517 g/mol. The number of halogens is 3. The summed E-state index contributed by atoms with van der Waals surface area (Å²) in [6.45, 7) is 4.56. The normalized spacial score (nSPS) is 17.3. The molecule has 0 N–H and O–H groups in total. The van der Waals surface area contributed by atoms with Crippen LogP contribution in [-0.2, 0) is 16.2 Å². The van der Waals surface area contributed by atoms with Crippen LogP contribution >= 0.6 is 0 Å². The van der Waals surface area contributed by atoms with E-state index < -0.39 is 21.8 Å². The van der Waals surface area contributed by atoms with Crippen molar-refractivity contribution in [2.75, 3.05) is 13.1 Å². The Morgan fingerprint density at radius 3 is 2.21 bits per heavy atom. The van der Waals surface area contributed by atoms with E-state index in [2.05, 4.69) is 5.10 Å². The summed E-state index contributed by atoms with van der Waals surface area (Å²) >= 11 is 0. The summed E-state index contributed by atoms with van der Waals surface area (Å²) < 4.78 is 69.9. The Morgan fingerprint density at radius 1 is 0.947 bits per heavy atom. The molecule has 0 unspecified atom stereocenters. The van der Waals surface area contributed by atoms with Gasteiger partial charge in [-0.05, 0) is 82.0 Å². The van der Waals surface area contributed by atoms with Crippen molar-refractivity contribution in [1.82, 2.24) is 19.0 Å². The van der Waals surface area contributed by atoms with Crippen molar-refractivity contribution in [3.63, 3.8) is 0 Å². The lowest BCUT2D eigenvalue weighted by Crippen LogP contribution is -2.49. The number of sulfonamides is 1. The zero-order chi connectivity index (χ0) is 27.2. The Labute approximate surface area is 219 Å². The molecule has 1 saturated heterocycles. The fraction of sp³-hybridized carbons (Fsp3) is 0.407. The van der Waals surface area contributed by atoms with E-state index in [-0.39, 0.29) is 22.9 Å². The molecule has 0 radical (unpaired) electrons. The molecule has 2 heterocycles.